The molecule has 0 heterocycles. The van der Waals surface area contributed by atoms with Crippen LogP contribution in [0.3, 0.4) is 0 Å². The van der Waals surface area contributed by atoms with Gasteiger partial charge in [-0.05, 0) is 91.8 Å². The maximum atomic E-state index is 6.18. The third kappa shape index (κ3) is 1.51. The highest BCUT2D eigenvalue weighted by Crippen LogP contribution is 2.82. The lowest BCUT2D eigenvalue weighted by molar-refractivity contribution is -0.157. The SMILES string of the molecule is C=C[C@H]1CC[C@H]2[C@@H]3C[C@@H](OC)[C@]45C[C@H]4CC[C@]5(C)[C@H]3CC[C@]12C. The topological polar surface area (TPSA) is 9.23 Å². The molecule has 0 N–H and O–H groups in total. The van der Waals surface area contributed by atoms with E-state index in [0.29, 0.717) is 22.3 Å². The summed E-state index contributed by atoms with van der Waals surface area (Å²) in [5, 5.41) is 0. The van der Waals surface area contributed by atoms with E-state index in [1.54, 1.807) is 0 Å². The first-order valence-electron chi connectivity index (χ1n) is 10.2. The second kappa shape index (κ2) is 4.45. The normalized spacial score (nSPS) is 62.9. The Morgan fingerprint density at radius 3 is 2.57 bits per heavy atom. The van der Waals surface area contributed by atoms with E-state index in [-0.39, 0.29) is 0 Å². The number of ether oxygens (including phenoxy) is 1. The van der Waals surface area contributed by atoms with Crippen LogP contribution in [-0.2, 0) is 4.74 Å². The standard InChI is InChI=1S/C22H34O/c1-5-14-6-7-17-16-12-19(23-4)22-13-15(22)8-11-21(22,3)18(16)9-10-20(14,17)2/h5,14-19H,1,6-13H2,2-4H3/t14-,15+,16-,17-,18-,19+,20+,21+,22-/m0/s1. The van der Waals surface area contributed by atoms with Crippen LogP contribution in [0, 0.1) is 45.8 Å². The number of hydrogen-bond donors (Lipinski definition) is 0. The number of hydrogen-bond acceptors (Lipinski definition) is 1. The fraction of sp³-hybridized carbons (Fsp3) is 0.909. The summed E-state index contributed by atoms with van der Waals surface area (Å²) in [4.78, 5) is 0. The summed E-state index contributed by atoms with van der Waals surface area (Å²) in [5.74, 6) is 4.57. The molecule has 0 amide bonds. The number of methoxy groups -OCH3 is 1. The van der Waals surface area contributed by atoms with Crippen LogP contribution in [0.4, 0.5) is 0 Å². The van der Waals surface area contributed by atoms with Crippen molar-refractivity contribution >= 4 is 0 Å². The molecule has 5 fully saturated rings. The van der Waals surface area contributed by atoms with Crippen molar-refractivity contribution in [1.82, 2.24) is 0 Å². The molecule has 23 heavy (non-hydrogen) atoms. The fourth-order valence-corrected chi connectivity index (χ4v) is 9.01. The summed E-state index contributed by atoms with van der Waals surface area (Å²) >= 11 is 0. The smallest absolute Gasteiger partial charge is 0.0638 e. The second-order valence-corrected chi connectivity index (χ2v) is 10.2. The van der Waals surface area contributed by atoms with Crippen molar-refractivity contribution in [3.63, 3.8) is 0 Å². The van der Waals surface area contributed by atoms with Gasteiger partial charge in [-0.3, -0.25) is 0 Å². The van der Waals surface area contributed by atoms with E-state index >= 15 is 0 Å². The number of allylic oxidation sites excluding steroid dienone is 1. The predicted molar refractivity (Wildman–Crippen MR) is 94.0 cm³/mol. The van der Waals surface area contributed by atoms with Crippen LogP contribution in [0.1, 0.15) is 65.2 Å². The molecule has 0 aliphatic heterocycles. The maximum Gasteiger partial charge on any atom is 0.0638 e. The summed E-state index contributed by atoms with van der Waals surface area (Å²) in [6.45, 7) is 9.44. The lowest BCUT2D eigenvalue weighted by Crippen LogP contribution is -2.56. The third-order valence-corrected chi connectivity index (χ3v) is 10.2. The summed E-state index contributed by atoms with van der Waals surface area (Å²) in [5.41, 5.74) is 1.69. The highest BCUT2D eigenvalue weighted by atomic mass is 16.5. The van der Waals surface area contributed by atoms with Gasteiger partial charge in [0.1, 0.15) is 0 Å². The van der Waals surface area contributed by atoms with Gasteiger partial charge in [-0.25, -0.2) is 0 Å². The number of rotatable bonds is 2. The van der Waals surface area contributed by atoms with Crippen molar-refractivity contribution in [3.05, 3.63) is 12.7 Å². The van der Waals surface area contributed by atoms with E-state index in [1.807, 2.05) is 7.11 Å². The number of fused-ring (bicyclic) bond motifs is 4. The predicted octanol–water partition coefficient (Wildman–Crippen LogP) is 5.46. The van der Waals surface area contributed by atoms with Crippen LogP contribution in [-0.4, -0.2) is 13.2 Å². The van der Waals surface area contributed by atoms with Crippen molar-refractivity contribution in [3.8, 4) is 0 Å². The Morgan fingerprint density at radius 1 is 1.04 bits per heavy atom. The van der Waals surface area contributed by atoms with Crippen molar-refractivity contribution in [1.29, 1.82) is 0 Å². The van der Waals surface area contributed by atoms with Crippen LogP contribution in [0.25, 0.3) is 0 Å². The summed E-state index contributed by atoms with van der Waals surface area (Å²) < 4.78 is 6.18. The van der Waals surface area contributed by atoms with Crippen molar-refractivity contribution in [2.45, 2.75) is 71.3 Å². The molecule has 0 saturated heterocycles. The molecule has 0 bridgehead atoms. The van der Waals surface area contributed by atoms with E-state index in [9.17, 15) is 0 Å². The highest BCUT2D eigenvalue weighted by molar-refractivity contribution is 5.26. The van der Waals surface area contributed by atoms with E-state index in [2.05, 4.69) is 26.5 Å². The van der Waals surface area contributed by atoms with Gasteiger partial charge in [0, 0.05) is 12.5 Å². The van der Waals surface area contributed by atoms with Crippen LogP contribution in [0.5, 0.6) is 0 Å². The zero-order valence-corrected chi connectivity index (χ0v) is 15.3. The minimum Gasteiger partial charge on any atom is -0.381 e. The zero-order valence-electron chi connectivity index (χ0n) is 15.3. The van der Waals surface area contributed by atoms with E-state index < -0.39 is 0 Å². The Morgan fingerprint density at radius 2 is 1.87 bits per heavy atom. The quantitative estimate of drug-likeness (QED) is 0.615. The van der Waals surface area contributed by atoms with Crippen molar-refractivity contribution in [2.24, 2.45) is 45.8 Å². The van der Waals surface area contributed by atoms with Gasteiger partial charge in [-0.15, -0.1) is 6.58 Å². The first-order chi connectivity index (χ1) is 11.0. The van der Waals surface area contributed by atoms with Gasteiger partial charge in [0.2, 0.25) is 0 Å². The average molecular weight is 315 g/mol. The lowest BCUT2D eigenvalue weighted by atomic mass is 9.45. The Kier molecular flexibility index (Phi) is 2.90. The molecule has 9 atom stereocenters. The van der Waals surface area contributed by atoms with Crippen LogP contribution in [0.2, 0.25) is 0 Å². The van der Waals surface area contributed by atoms with Crippen molar-refractivity contribution in [2.75, 3.05) is 7.11 Å². The Labute approximate surface area is 142 Å². The summed E-state index contributed by atoms with van der Waals surface area (Å²) in [6.07, 6.45) is 14.4. The van der Waals surface area contributed by atoms with E-state index in [1.165, 1.54) is 51.4 Å². The zero-order chi connectivity index (χ0) is 16.0. The summed E-state index contributed by atoms with van der Waals surface area (Å²) in [6, 6.07) is 0. The molecule has 1 spiro atoms. The monoisotopic (exact) mass is 314 g/mol. The molecule has 128 valence electrons. The second-order valence-electron chi connectivity index (χ2n) is 10.2. The lowest BCUT2D eigenvalue weighted by Gasteiger charge is -2.60. The van der Waals surface area contributed by atoms with Gasteiger partial charge in [0.05, 0.1) is 6.10 Å². The molecule has 0 aromatic heterocycles. The Hall–Kier alpha value is -0.300. The van der Waals surface area contributed by atoms with Gasteiger partial charge in [0.25, 0.3) is 0 Å². The third-order valence-electron chi connectivity index (χ3n) is 10.2. The molecule has 5 saturated carbocycles. The molecule has 5 aliphatic carbocycles. The van der Waals surface area contributed by atoms with Crippen LogP contribution in [0.15, 0.2) is 12.7 Å². The Balaban J connectivity index is 1.54. The molecular weight excluding hydrogens is 280 g/mol. The Bertz CT molecular complexity index is 540. The highest BCUT2D eigenvalue weighted by Gasteiger charge is 2.77. The molecule has 0 aromatic carbocycles. The van der Waals surface area contributed by atoms with E-state index in [0.717, 1.165) is 29.6 Å². The summed E-state index contributed by atoms with van der Waals surface area (Å²) in [7, 11) is 2.00. The molecule has 0 radical (unpaired) electrons. The van der Waals surface area contributed by atoms with Gasteiger partial charge < -0.3 is 4.74 Å². The largest absolute Gasteiger partial charge is 0.381 e. The minimum absolute atomic E-state index is 0.531. The van der Waals surface area contributed by atoms with E-state index in [4.69, 9.17) is 4.74 Å². The first kappa shape index (κ1) is 15.0. The molecule has 0 aromatic rings. The fourth-order valence-electron chi connectivity index (χ4n) is 9.01. The van der Waals surface area contributed by atoms with Gasteiger partial charge in [-0.2, -0.15) is 0 Å². The first-order valence-corrected chi connectivity index (χ1v) is 10.2. The average Bonchev–Trinajstić information content (AvgIpc) is 3.06. The molecule has 5 aliphatic rings. The molecule has 5 rings (SSSR count). The molecule has 1 nitrogen and oxygen atoms in total. The maximum absolute atomic E-state index is 6.18. The van der Waals surface area contributed by atoms with Gasteiger partial charge >= 0.3 is 0 Å². The minimum atomic E-state index is 0.531. The molecule has 0 unspecified atom stereocenters. The van der Waals surface area contributed by atoms with Crippen molar-refractivity contribution < 1.29 is 4.74 Å². The van der Waals surface area contributed by atoms with Crippen LogP contribution < -0.4 is 0 Å². The van der Waals surface area contributed by atoms with Gasteiger partial charge in [0.15, 0.2) is 0 Å². The van der Waals surface area contributed by atoms with Crippen LogP contribution >= 0.6 is 0 Å². The van der Waals surface area contributed by atoms with Gasteiger partial charge in [-0.1, -0.05) is 19.9 Å². The molecular formula is C22H34O. The molecule has 1 heteroatoms.